The summed E-state index contributed by atoms with van der Waals surface area (Å²) in [5.41, 5.74) is 0. The molecule has 2 saturated heterocycles. The molecule has 0 aromatic heterocycles. The van der Waals surface area contributed by atoms with Crippen molar-refractivity contribution >= 4 is 22.0 Å². The van der Waals surface area contributed by atoms with E-state index in [0.29, 0.717) is 6.54 Å². The van der Waals surface area contributed by atoms with Crippen LogP contribution in [0.1, 0.15) is 19.3 Å². The fourth-order valence-electron chi connectivity index (χ4n) is 2.20. The van der Waals surface area contributed by atoms with Gasteiger partial charge in [-0.1, -0.05) is 0 Å². The molecule has 94 valence electrons. The molecule has 2 heterocycles. The van der Waals surface area contributed by atoms with Crippen LogP contribution in [0.5, 0.6) is 0 Å². The van der Waals surface area contributed by atoms with Gasteiger partial charge in [0.15, 0.2) is 0 Å². The van der Waals surface area contributed by atoms with E-state index in [0.717, 1.165) is 37.4 Å². The molecule has 0 aromatic carbocycles. The molecule has 16 heavy (non-hydrogen) atoms. The van der Waals surface area contributed by atoms with Crippen LogP contribution in [0.15, 0.2) is 0 Å². The normalized spacial score (nSPS) is 31.4. The highest BCUT2D eigenvalue weighted by Gasteiger charge is 2.33. The lowest BCUT2D eigenvalue weighted by Crippen LogP contribution is -2.47. The molecule has 2 fully saturated rings. The Hall–Kier alpha value is 0.180. The monoisotopic (exact) mass is 266 g/mol. The average Bonchev–Trinajstić information content (AvgIpc) is 2.85. The van der Waals surface area contributed by atoms with E-state index in [4.69, 9.17) is 9.88 Å². The van der Waals surface area contributed by atoms with Gasteiger partial charge in [-0.3, -0.25) is 0 Å². The lowest BCUT2D eigenvalue weighted by molar-refractivity contribution is 0.0877. The molecule has 0 radical (unpaired) electrons. The van der Waals surface area contributed by atoms with Crippen LogP contribution >= 0.6 is 11.8 Å². The second-order valence-corrected chi connectivity index (χ2v) is 6.92. The topological polar surface area (TPSA) is 72.6 Å². The summed E-state index contributed by atoms with van der Waals surface area (Å²) in [6.07, 6.45) is 2.88. The van der Waals surface area contributed by atoms with Gasteiger partial charge in [-0.2, -0.15) is 24.5 Å². The lowest BCUT2D eigenvalue weighted by Gasteiger charge is -2.27. The third-order valence-electron chi connectivity index (χ3n) is 3.05. The van der Waals surface area contributed by atoms with Gasteiger partial charge in [0.1, 0.15) is 0 Å². The Morgan fingerprint density at radius 1 is 1.44 bits per heavy atom. The van der Waals surface area contributed by atoms with Crippen LogP contribution in [0.3, 0.4) is 0 Å². The van der Waals surface area contributed by atoms with E-state index in [2.05, 4.69) is 0 Å². The summed E-state index contributed by atoms with van der Waals surface area (Å²) in [5.74, 6) is 1.87. The molecule has 2 aliphatic rings. The van der Waals surface area contributed by atoms with E-state index in [-0.39, 0.29) is 12.1 Å². The SMILES string of the molecule is NS(=O)(=O)N(CC1CCCO1)C1CCSC1. The first-order valence-corrected chi connectivity index (χ1v) is 8.22. The van der Waals surface area contributed by atoms with E-state index >= 15 is 0 Å². The zero-order chi connectivity index (χ0) is 11.6. The minimum absolute atomic E-state index is 0.0314. The lowest BCUT2D eigenvalue weighted by atomic mass is 10.2. The maximum atomic E-state index is 11.5. The Labute approximate surface area is 101 Å². The third-order valence-corrected chi connectivity index (χ3v) is 5.29. The summed E-state index contributed by atoms with van der Waals surface area (Å²) in [7, 11) is -3.60. The second-order valence-electron chi connectivity index (χ2n) is 4.27. The molecule has 5 nitrogen and oxygen atoms in total. The van der Waals surface area contributed by atoms with E-state index in [1.54, 1.807) is 11.8 Å². The first kappa shape index (κ1) is 12.6. The highest BCUT2D eigenvalue weighted by atomic mass is 32.2. The van der Waals surface area contributed by atoms with Gasteiger partial charge in [-0.15, -0.1) is 0 Å². The molecule has 0 amide bonds. The summed E-state index contributed by atoms with van der Waals surface area (Å²) >= 11 is 1.78. The van der Waals surface area contributed by atoms with E-state index in [9.17, 15) is 8.42 Å². The number of hydrogen-bond acceptors (Lipinski definition) is 4. The van der Waals surface area contributed by atoms with Crippen LogP contribution in [0.4, 0.5) is 0 Å². The maximum absolute atomic E-state index is 11.5. The van der Waals surface area contributed by atoms with Crippen molar-refractivity contribution < 1.29 is 13.2 Å². The van der Waals surface area contributed by atoms with Crippen molar-refractivity contribution in [3.05, 3.63) is 0 Å². The molecule has 0 saturated carbocycles. The number of nitrogens with two attached hydrogens (primary N) is 1. The molecule has 0 spiro atoms. The zero-order valence-electron chi connectivity index (χ0n) is 9.17. The predicted molar refractivity (Wildman–Crippen MR) is 64.5 cm³/mol. The number of ether oxygens (including phenoxy) is 1. The first-order valence-electron chi connectivity index (χ1n) is 5.56. The highest BCUT2D eigenvalue weighted by Crippen LogP contribution is 2.25. The molecule has 2 unspecified atom stereocenters. The Balaban J connectivity index is 2.01. The summed E-state index contributed by atoms with van der Waals surface area (Å²) in [4.78, 5) is 0. The number of nitrogens with zero attached hydrogens (tertiary/aromatic N) is 1. The van der Waals surface area contributed by atoms with Gasteiger partial charge in [-0.05, 0) is 25.0 Å². The fraction of sp³-hybridized carbons (Fsp3) is 1.00. The fourth-order valence-corrected chi connectivity index (χ4v) is 4.49. The van der Waals surface area contributed by atoms with Crippen LogP contribution in [0, 0.1) is 0 Å². The standard InChI is InChI=1S/C9H18N2O3S2/c10-16(12,13)11(8-3-5-15-7-8)6-9-2-1-4-14-9/h8-9H,1-7H2,(H2,10,12,13). The molecule has 2 aliphatic heterocycles. The highest BCUT2D eigenvalue weighted by molar-refractivity contribution is 7.99. The summed E-state index contributed by atoms with van der Waals surface area (Å²) in [5, 5.41) is 5.27. The van der Waals surface area contributed by atoms with Gasteiger partial charge < -0.3 is 4.74 Å². The van der Waals surface area contributed by atoms with Gasteiger partial charge in [0.2, 0.25) is 0 Å². The van der Waals surface area contributed by atoms with Crippen LogP contribution < -0.4 is 5.14 Å². The van der Waals surface area contributed by atoms with Gasteiger partial charge in [0.25, 0.3) is 10.2 Å². The second kappa shape index (κ2) is 5.22. The minimum atomic E-state index is -3.60. The van der Waals surface area contributed by atoms with E-state index < -0.39 is 10.2 Å². The summed E-state index contributed by atoms with van der Waals surface area (Å²) < 4.78 is 30.0. The number of rotatable bonds is 4. The van der Waals surface area contributed by atoms with Crippen LogP contribution in [-0.4, -0.2) is 49.5 Å². The van der Waals surface area contributed by atoms with E-state index in [1.165, 1.54) is 4.31 Å². The molecular formula is C9H18N2O3S2. The Kier molecular flexibility index (Phi) is 4.12. The van der Waals surface area contributed by atoms with Crippen LogP contribution in [0.25, 0.3) is 0 Å². The Bertz CT molecular complexity index is 322. The molecule has 0 aromatic rings. The average molecular weight is 266 g/mol. The molecule has 7 heteroatoms. The van der Waals surface area contributed by atoms with E-state index in [1.807, 2.05) is 0 Å². The Morgan fingerprint density at radius 3 is 2.75 bits per heavy atom. The van der Waals surface area contributed by atoms with Crippen molar-refractivity contribution in [1.29, 1.82) is 0 Å². The summed E-state index contributed by atoms with van der Waals surface area (Å²) in [6.45, 7) is 1.16. The van der Waals surface area contributed by atoms with Crippen LogP contribution in [0.2, 0.25) is 0 Å². The molecule has 2 N–H and O–H groups in total. The minimum Gasteiger partial charge on any atom is -0.377 e. The molecule has 0 bridgehead atoms. The maximum Gasteiger partial charge on any atom is 0.277 e. The van der Waals surface area contributed by atoms with Crippen molar-refractivity contribution in [2.45, 2.75) is 31.4 Å². The zero-order valence-corrected chi connectivity index (χ0v) is 10.8. The van der Waals surface area contributed by atoms with Gasteiger partial charge in [-0.25, -0.2) is 5.14 Å². The third kappa shape index (κ3) is 3.10. The van der Waals surface area contributed by atoms with Crippen molar-refractivity contribution in [3.63, 3.8) is 0 Å². The quantitative estimate of drug-likeness (QED) is 0.787. The Morgan fingerprint density at radius 2 is 2.25 bits per heavy atom. The van der Waals surface area contributed by atoms with Gasteiger partial charge in [0.05, 0.1) is 6.10 Å². The first-order chi connectivity index (χ1) is 7.57. The van der Waals surface area contributed by atoms with Gasteiger partial charge in [0, 0.05) is 24.9 Å². The van der Waals surface area contributed by atoms with Crippen molar-refractivity contribution in [3.8, 4) is 0 Å². The van der Waals surface area contributed by atoms with Crippen LogP contribution in [-0.2, 0) is 14.9 Å². The molecule has 2 atom stereocenters. The summed E-state index contributed by atoms with van der Waals surface area (Å²) in [6, 6.07) is 0.0594. The predicted octanol–water partition coefficient (Wildman–Crippen LogP) is 0.176. The molecular weight excluding hydrogens is 248 g/mol. The largest absolute Gasteiger partial charge is 0.377 e. The molecule has 2 rings (SSSR count). The van der Waals surface area contributed by atoms with Crippen molar-refractivity contribution in [1.82, 2.24) is 4.31 Å². The number of hydrogen-bond donors (Lipinski definition) is 1. The van der Waals surface area contributed by atoms with Crippen molar-refractivity contribution in [2.24, 2.45) is 5.14 Å². The smallest absolute Gasteiger partial charge is 0.277 e. The number of thioether (sulfide) groups is 1. The van der Waals surface area contributed by atoms with Crippen molar-refractivity contribution in [2.75, 3.05) is 24.7 Å². The van der Waals surface area contributed by atoms with Gasteiger partial charge >= 0.3 is 0 Å². The molecule has 0 aliphatic carbocycles.